The molecule has 0 aliphatic carbocycles. The van der Waals surface area contributed by atoms with Crippen molar-refractivity contribution in [1.82, 2.24) is 5.43 Å². The number of phenols is 2. The SMILES string of the molecule is CCOc1cc(/C=N\NC(=O)c2ccc(OC)cc2O)cc(Cl)c1O. The van der Waals surface area contributed by atoms with Crippen LogP contribution in [-0.2, 0) is 0 Å². The van der Waals surface area contributed by atoms with Gasteiger partial charge in [-0.15, -0.1) is 0 Å². The molecule has 2 aromatic carbocycles. The molecule has 0 bridgehead atoms. The Kier molecular flexibility index (Phi) is 6.08. The molecule has 2 aromatic rings. The van der Waals surface area contributed by atoms with Gasteiger partial charge >= 0.3 is 0 Å². The van der Waals surface area contributed by atoms with E-state index in [1.165, 1.54) is 37.6 Å². The van der Waals surface area contributed by atoms with Crippen LogP contribution in [0.3, 0.4) is 0 Å². The molecule has 132 valence electrons. The molecule has 0 aromatic heterocycles. The van der Waals surface area contributed by atoms with Crippen LogP contribution in [-0.4, -0.2) is 36.1 Å². The number of carbonyl (C=O) groups excluding carboxylic acids is 1. The largest absolute Gasteiger partial charge is 0.507 e. The molecule has 0 saturated carbocycles. The Balaban J connectivity index is 2.11. The third-order valence-electron chi connectivity index (χ3n) is 3.18. The molecule has 25 heavy (non-hydrogen) atoms. The molecule has 8 heteroatoms. The normalized spacial score (nSPS) is 10.7. The molecule has 3 N–H and O–H groups in total. The van der Waals surface area contributed by atoms with E-state index in [9.17, 15) is 15.0 Å². The average molecular weight is 365 g/mol. The molecule has 0 spiro atoms. The molecular formula is C17H17ClN2O5. The Morgan fingerprint density at radius 1 is 1.32 bits per heavy atom. The Hall–Kier alpha value is -2.93. The number of hydrogen-bond donors (Lipinski definition) is 3. The van der Waals surface area contributed by atoms with Crippen molar-refractivity contribution in [3.05, 3.63) is 46.5 Å². The zero-order chi connectivity index (χ0) is 18.4. The van der Waals surface area contributed by atoms with Crippen LogP contribution in [0.5, 0.6) is 23.0 Å². The van der Waals surface area contributed by atoms with Crippen LogP contribution in [0.4, 0.5) is 0 Å². The summed E-state index contributed by atoms with van der Waals surface area (Å²) in [7, 11) is 1.46. The maximum atomic E-state index is 12.0. The predicted molar refractivity (Wildman–Crippen MR) is 94.0 cm³/mol. The van der Waals surface area contributed by atoms with Gasteiger partial charge in [0.15, 0.2) is 11.5 Å². The lowest BCUT2D eigenvalue weighted by Crippen LogP contribution is -2.17. The number of hydrogen-bond acceptors (Lipinski definition) is 6. The standard InChI is InChI=1S/C17H17ClN2O5/c1-3-25-15-7-10(6-13(18)16(15)22)9-19-20-17(23)12-5-4-11(24-2)8-14(12)21/h4-9,21-22H,3H2,1-2H3,(H,20,23)/b19-9-. The number of nitrogens with one attached hydrogen (secondary N) is 1. The maximum Gasteiger partial charge on any atom is 0.275 e. The molecule has 0 saturated heterocycles. The topological polar surface area (TPSA) is 100 Å². The highest BCUT2D eigenvalue weighted by molar-refractivity contribution is 6.32. The van der Waals surface area contributed by atoms with Gasteiger partial charge in [0.2, 0.25) is 0 Å². The number of carbonyl (C=O) groups is 1. The van der Waals surface area contributed by atoms with Gasteiger partial charge in [-0.25, -0.2) is 5.43 Å². The first kappa shape index (κ1) is 18.4. The van der Waals surface area contributed by atoms with Gasteiger partial charge in [-0.2, -0.15) is 5.10 Å². The van der Waals surface area contributed by atoms with E-state index in [0.29, 0.717) is 17.9 Å². The van der Waals surface area contributed by atoms with Crippen LogP contribution < -0.4 is 14.9 Å². The molecule has 0 atom stereocenters. The first-order valence-electron chi connectivity index (χ1n) is 7.32. The number of benzene rings is 2. The van der Waals surface area contributed by atoms with Crippen LogP contribution in [0, 0.1) is 0 Å². The second-order valence-electron chi connectivity index (χ2n) is 4.86. The maximum absolute atomic E-state index is 12.0. The van der Waals surface area contributed by atoms with E-state index < -0.39 is 5.91 Å². The Morgan fingerprint density at radius 2 is 2.08 bits per heavy atom. The number of phenolic OH excluding ortho intramolecular Hbond substituents is 2. The van der Waals surface area contributed by atoms with Crippen molar-refractivity contribution in [1.29, 1.82) is 0 Å². The summed E-state index contributed by atoms with van der Waals surface area (Å²) in [4.78, 5) is 12.0. The van der Waals surface area contributed by atoms with E-state index in [1.54, 1.807) is 13.0 Å². The highest BCUT2D eigenvalue weighted by atomic mass is 35.5. The zero-order valence-electron chi connectivity index (χ0n) is 13.6. The lowest BCUT2D eigenvalue weighted by atomic mass is 10.2. The Morgan fingerprint density at radius 3 is 2.72 bits per heavy atom. The first-order valence-corrected chi connectivity index (χ1v) is 7.69. The fraction of sp³-hybridized carbons (Fsp3) is 0.176. The highest BCUT2D eigenvalue weighted by Gasteiger charge is 2.12. The minimum absolute atomic E-state index is 0.0525. The molecule has 0 heterocycles. The third-order valence-corrected chi connectivity index (χ3v) is 3.47. The van der Waals surface area contributed by atoms with E-state index in [0.717, 1.165) is 0 Å². The van der Waals surface area contributed by atoms with Crippen molar-refractivity contribution in [3.8, 4) is 23.0 Å². The van der Waals surface area contributed by atoms with Crippen molar-refractivity contribution >= 4 is 23.7 Å². The van der Waals surface area contributed by atoms with Gasteiger partial charge in [0.05, 0.1) is 30.5 Å². The van der Waals surface area contributed by atoms with Gasteiger partial charge in [0, 0.05) is 6.07 Å². The molecule has 0 aliphatic rings. The summed E-state index contributed by atoms with van der Waals surface area (Å²) in [6, 6.07) is 7.30. The summed E-state index contributed by atoms with van der Waals surface area (Å²) in [5.41, 5.74) is 2.87. The molecule has 1 amide bonds. The Labute approximate surface area is 149 Å². The van der Waals surface area contributed by atoms with E-state index in [-0.39, 0.29) is 27.8 Å². The lowest BCUT2D eigenvalue weighted by molar-refractivity contribution is 0.0952. The van der Waals surface area contributed by atoms with E-state index in [2.05, 4.69) is 10.5 Å². The van der Waals surface area contributed by atoms with Crippen molar-refractivity contribution in [2.75, 3.05) is 13.7 Å². The van der Waals surface area contributed by atoms with Crippen molar-refractivity contribution in [3.63, 3.8) is 0 Å². The van der Waals surface area contributed by atoms with Crippen molar-refractivity contribution in [2.45, 2.75) is 6.92 Å². The smallest absolute Gasteiger partial charge is 0.275 e. The lowest BCUT2D eigenvalue weighted by Gasteiger charge is -2.08. The number of aromatic hydroxyl groups is 2. The number of rotatable bonds is 6. The number of halogens is 1. The number of nitrogens with zero attached hydrogens (tertiary/aromatic N) is 1. The number of ether oxygens (including phenoxy) is 2. The van der Waals surface area contributed by atoms with Gasteiger partial charge in [0.25, 0.3) is 5.91 Å². The van der Waals surface area contributed by atoms with Crippen molar-refractivity contribution in [2.24, 2.45) is 5.10 Å². The number of methoxy groups -OCH3 is 1. The molecule has 0 aliphatic heterocycles. The first-order chi connectivity index (χ1) is 12.0. The van der Waals surface area contributed by atoms with E-state index >= 15 is 0 Å². The number of hydrazone groups is 1. The summed E-state index contributed by atoms with van der Waals surface area (Å²) in [5, 5.41) is 23.5. The summed E-state index contributed by atoms with van der Waals surface area (Å²) in [6.45, 7) is 2.13. The Bertz CT molecular complexity index is 808. The summed E-state index contributed by atoms with van der Waals surface area (Å²) < 4.78 is 10.2. The van der Waals surface area contributed by atoms with Crippen LogP contribution in [0.1, 0.15) is 22.8 Å². The average Bonchev–Trinajstić information content (AvgIpc) is 2.59. The highest BCUT2D eigenvalue weighted by Crippen LogP contribution is 2.34. The molecule has 7 nitrogen and oxygen atoms in total. The van der Waals surface area contributed by atoms with Gasteiger partial charge in [0.1, 0.15) is 11.5 Å². The van der Waals surface area contributed by atoms with Gasteiger partial charge in [-0.1, -0.05) is 11.6 Å². The second kappa shape index (κ2) is 8.25. The van der Waals surface area contributed by atoms with Gasteiger partial charge in [-0.05, 0) is 36.8 Å². The van der Waals surface area contributed by atoms with Gasteiger partial charge in [-0.3, -0.25) is 4.79 Å². The van der Waals surface area contributed by atoms with Crippen LogP contribution in [0.25, 0.3) is 0 Å². The fourth-order valence-corrected chi connectivity index (χ4v) is 2.21. The van der Waals surface area contributed by atoms with E-state index in [4.69, 9.17) is 21.1 Å². The molecule has 0 fully saturated rings. The fourth-order valence-electron chi connectivity index (χ4n) is 1.99. The van der Waals surface area contributed by atoms with Crippen molar-refractivity contribution < 1.29 is 24.5 Å². The van der Waals surface area contributed by atoms with Gasteiger partial charge < -0.3 is 19.7 Å². The van der Waals surface area contributed by atoms with E-state index in [1.807, 2.05) is 0 Å². The second-order valence-corrected chi connectivity index (χ2v) is 5.27. The monoisotopic (exact) mass is 364 g/mol. The number of amides is 1. The van der Waals surface area contributed by atoms with Crippen LogP contribution in [0.15, 0.2) is 35.4 Å². The van der Waals surface area contributed by atoms with Crippen LogP contribution >= 0.6 is 11.6 Å². The molecule has 0 unspecified atom stereocenters. The zero-order valence-corrected chi connectivity index (χ0v) is 14.4. The summed E-state index contributed by atoms with van der Waals surface area (Å²) >= 11 is 5.92. The molecule has 0 radical (unpaired) electrons. The quantitative estimate of drug-likeness (QED) is 0.540. The minimum atomic E-state index is -0.591. The summed E-state index contributed by atoms with van der Waals surface area (Å²) in [6.07, 6.45) is 1.34. The molecular weight excluding hydrogens is 348 g/mol. The predicted octanol–water partition coefficient (Wildman–Crippen LogP) is 2.92. The van der Waals surface area contributed by atoms with Crippen LogP contribution in [0.2, 0.25) is 5.02 Å². The summed E-state index contributed by atoms with van der Waals surface area (Å²) in [5.74, 6) is -0.326. The minimum Gasteiger partial charge on any atom is -0.507 e. The molecule has 2 rings (SSSR count). The third kappa shape index (κ3) is 4.54.